The zero-order valence-electron chi connectivity index (χ0n) is 6.46. The fourth-order valence-electron chi connectivity index (χ4n) is 1.78. The van der Waals surface area contributed by atoms with Gasteiger partial charge in [0.2, 0.25) is 0 Å². The number of rotatable bonds is 0. The lowest BCUT2D eigenvalue weighted by atomic mass is 9.70. The van der Waals surface area contributed by atoms with Crippen LogP contribution in [-0.4, -0.2) is 0 Å². The summed E-state index contributed by atoms with van der Waals surface area (Å²) < 4.78 is 0. The highest BCUT2D eigenvalue weighted by Gasteiger charge is 2.29. The molecule has 0 spiro atoms. The molecule has 1 aliphatic carbocycles. The molecule has 0 amide bonds. The number of hydrogen-bond acceptors (Lipinski definition) is 0. The molecule has 1 aromatic rings. The molecule has 10 heavy (non-hydrogen) atoms. The molecule has 0 heterocycles. The fourth-order valence-corrected chi connectivity index (χ4v) is 1.78. The molecule has 2 atom stereocenters. The van der Waals surface area contributed by atoms with Crippen LogP contribution in [0.4, 0.5) is 0 Å². The van der Waals surface area contributed by atoms with Crippen LogP contribution < -0.4 is 0 Å². The maximum absolute atomic E-state index is 2.30. The summed E-state index contributed by atoms with van der Waals surface area (Å²) in [5.41, 5.74) is 3.10. The maximum Gasteiger partial charge on any atom is -0.0121 e. The van der Waals surface area contributed by atoms with E-state index in [0.29, 0.717) is 0 Å². The van der Waals surface area contributed by atoms with Crippen LogP contribution in [-0.2, 0) is 0 Å². The van der Waals surface area contributed by atoms with Gasteiger partial charge in [-0.1, -0.05) is 38.1 Å². The Bertz CT molecular complexity index is 223. The van der Waals surface area contributed by atoms with Gasteiger partial charge in [-0.3, -0.25) is 0 Å². The minimum absolute atomic E-state index is 0.788. The molecular formula is C10H12. The Morgan fingerprint density at radius 2 is 1.30 bits per heavy atom. The van der Waals surface area contributed by atoms with E-state index in [-0.39, 0.29) is 0 Å². The molecule has 52 valence electrons. The van der Waals surface area contributed by atoms with Gasteiger partial charge in [0, 0.05) is 0 Å². The zero-order valence-corrected chi connectivity index (χ0v) is 6.46. The predicted molar refractivity (Wildman–Crippen MR) is 43.3 cm³/mol. The van der Waals surface area contributed by atoms with E-state index in [9.17, 15) is 0 Å². The van der Waals surface area contributed by atoms with E-state index in [1.165, 1.54) is 0 Å². The summed E-state index contributed by atoms with van der Waals surface area (Å²) in [5, 5.41) is 0. The Labute approximate surface area is 61.9 Å². The van der Waals surface area contributed by atoms with Crippen LogP contribution in [0, 0.1) is 0 Å². The van der Waals surface area contributed by atoms with Crippen LogP contribution in [0.25, 0.3) is 0 Å². The standard InChI is InChI=1S/C10H12/c1-7-8(2)10-6-4-3-5-9(7)10/h3-8H,1-2H3/t7-,8?/m0/s1. The van der Waals surface area contributed by atoms with Crippen molar-refractivity contribution in [1.29, 1.82) is 0 Å². The normalized spacial score (nSPS) is 29.0. The Kier molecular flexibility index (Phi) is 1.10. The smallest absolute Gasteiger partial charge is 0.0121 e. The molecule has 0 saturated carbocycles. The minimum atomic E-state index is 0.788. The second-order valence-electron chi connectivity index (χ2n) is 3.21. The van der Waals surface area contributed by atoms with Crippen molar-refractivity contribution in [1.82, 2.24) is 0 Å². The quantitative estimate of drug-likeness (QED) is 0.509. The molecule has 0 fully saturated rings. The van der Waals surface area contributed by atoms with Crippen LogP contribution in [0.15, 0.2) is 24.3 Å². The zero-order chi connectivity index (χ0) is 7.14. The van der Waals surface area contributed by atoms with E-state index < -0.39 is 0 Å². The average Bonchev–Trinajstić information content (AvgIpc) is 2.03. The van der Waals surface area contributed by atoms with Crippen molar-refractivity contribution in [2.75, 3.05) is 0 Å². The van der Waals surface area contributed by atoms with Gasteiger partial charge >= 0.3 is 0 Å². The number of benzene rings is 1. The highest BCUT2D eigenvalue weighted by molar-refractivity contribution is 5.43. The summed E-state index contributed by atoms with van der Waals surface area (Å²) in [6.45, 7) is 4.60. The Balaban J connectivity index is 2.50. The summed E-state index contributed by atoms with van der Waals surface area (Å²) in [6.07, 6.45) is 0. The van der Waals surface area contributed by atoms with Crippen molar-refractivity contribution in [3.8, 4) is 0 Å². The third kappa shape index (κ3) is 0.566. The highest BCUT2D eigenvalue weighted by atomic mass is 14.3. The van der Waals surface area contributed by atoms with Gasteiger partial charge in [-0.25, -0.2) is 0 Å². The average molecular weight is 132 g/mol. The van der Waals surface area contributed by atoms with Gasteiger partial charge in [0.1, 0.15) is 0 Å². The first-order valence-corrected chi connectivity index (χ1v) is 3.89. The molecule has 0 N–H and O–H groups in total. The van der Waals surface area contributed by atoms with Gasteiger partial charge in [0.05, 0.1) is 0 Å². The summed E-state index contributed by atoms with van der Waals surface area (Å²) in [6, 6.07) is 8.72. The van der Waals surface area contributed by atoms with Gasteiger partial charge in [-0.2, -0.15) is 0 Å². The maximum atomic E-state index is 2.30. The van der Waals surface area contributed by atoms with Gasteiger partial charge in [0.25, 0.3) is 0 Å². The Morgan fingerprint density at radius 3 is 1.70 bits per heavy atom. The molecule has 0 nitrogen and oxygen atoms in total. The lowest BCUT2D eigenvalue weighted by molar-refractivity contribution is 0.542. The molecule has 0 bridgehead atoms. The van der Waals surface area contributed by atoms with Gasteiger partial charge in [-0.05, 0) is 23.0 Å². The summed E-state index contributed by atoms with van der Waals surface area (Å²) in [4.78, 5) is 0. The second-order valence-corrected chi connectivity index (χ2v) is 3.21. The third-order valence-electron chi connectivity index (χ3n) is 2.73. The van der Waals surface area contributed by atoms with Crippen molar-refractivity contribution < 1.29 is 0 Å². The molecule has 1 aliphatic rings. The molecule has 0 heteroatoms. The lowest BCUT2D eigenvalue weighted by Crippen LogP contribution is -2.18. The van der Waals surface area contributed by atoms with E-state index >= 15 is 0 Å². The van der Waals surface area contributed by atoms with Crippen molar-refractivity contribution >= 4 is 0 Å². The van der Waals surface area contributed by atoms with E-state index in [1.54, 1.807) is 11.1 Å². The molecule has 1 aromatic carbocycles. The van der Waals surface area contributed by atoms with Crippen molar-refractivity contribution in [3.05, 3.63) is 35.4 Å². The Hall–Kier alpha value is -0.780. The largest absolute Gasteiger partial charge is 0.0620 e. The van der Waals surface area contributed by atoms with E-state index in [0.717, 1.165) is 11.8 Å². The molecule has 0 radical (unpaired) electrons. The monoisotopic (exact) mass is 132 g/mol. The molecule has 0 saturated heterocycles. The third-order valence-corrected chi connectivity index (χ3v) is 2.73. The molecule has 0 aliphatic heterocycles. The van der Waals surface area contributed by atoms with Crippen LogP contribution >= 0.6 is 0 Å². The number of hydrogen-bond donors (Lipinski definition) is 0. The first-order chi connectivity index (χ1) is 4.80. The fraction of sp³-hybridized carbons (Fsp3) is 0.400. The van der Waals surface area contributed by atoms with Gasteiger partial charge < -0.3 is 0 Å². The van der Waals surface area contributed by atoms with Gasteiger partial charge in [0.15, 0.2) is 0 Å². The van der Waals surface area contributed by atoms with Crippen molar-refractivity contribution in [2.45, 2.75) is 25.7 Å². The number of fused-ring (bicyclic) bond motifs is 1. The van der Waals surface area contributed by atoms with Crippen LogP contribution in [0.5, 0.6) is 0 Å². The summed E-state index contributed by atoms with van der Waals surface area (Å²) in [5.74, 6) is 1.58. The first kappa shape index (κ1) is 5.96. The molecular weight excluding hydrogens is 120 g/mol. The summed E-state index contributed by atoms with van der Waals surface area (Å²) >= 11 is 0. The van der Waals surface area contributed by atoms with Gasteiger partial charge in [-0.15, -0.1) is 0 Å². The topological polar surface area (TPSA) is 0 Å². The predicted octanol–water partition coefficient (Wildman–Crippen LogP) is 2.91. The van der Waals surface area contributed by atoms with Crippen LogP contribution in [0.2, 0.25) is 0 Å². The molecule has 2 rings (SSSR count). The molecule has 0 aromatic heterocycles. The van der Waals surface area contributed by atoms with Crippen LogP contribution in [0.1, 0.15) is 36.8 Å². The van der Waals surface area contributed by atoms with Crippen molar-refractivity contribution in [3.63, 3.8) is 0 Å². The SMILES string of the molecule is CC1c2ccccc2[C@H]1C. The summed E-state index contributed by atoms with van der Waals surface area (Å²) in [7, 11) is 0. The first-order valence-electron chi connectivity index (χ1n) is 3.89. The van der Waals surface area contributed by atoms with Crippen LogP contribution in [0.3, 0.4) is 0 Å². The lowest BCUT2D eigenvalue weighted by Gasteiger charge is -2.34. The minimum Gasteiger partial charge on any atom is -0.0620 e. The Morgan fingerprint density at radius 1 is 0.900 bits per heavy atom. The van der Waals surface area contributed by atoms with E-state index in [4.69, 9.17) is 0 Å². The van der Waals surface area contributed by atoms with E-state index in [2.05, 4.69) is 38.1 Å². The molecule has 1 unspecified atom stereocenters. The second kappa shape index (κ2) is 1.85. The van der Waals surface area contributed by atoms with Crippen molar-refractivity contribution in [2.24, 2.45) is 0 Å². The van der Waals surface area contributed by atoms with E-state index in [1.807, 2.05) is 0 Å². The highest BCUT2D eigenvalue weighted by Crippen LogP contribution is 2.45.